The summed E-state index contributed by atoms with van der Waals surface area (Å²) >= 11 is 5.91. The topological polar surface area (TPSA) is 100 Å². The van der Waals surface area contributed by atoms with Crippen LogP contribution in [0.15, 0.2) is 42.5 Å². The molecular weight excluding hydrogens is 458 g/mol. The first-order valence-electron chi connectivity index (χ1n) is 11.3. The highest BCUT2D eigenvalue weighted by Gasteiger charge is 2.46. The molecule has 0 bridgehead atoms. The Kier molecular flexibility index (Phi) is 7.73. The molecule has 0 radical (unpaired) electrons. The van der Waals surface area contributed by atoms with Crippen LogP contribution in [0.3, 0.4) is 0 Å². The first-order chi connectivity index (χ1) is 16.3. The molecule has 0 unspecified atom stereocenters. The highest BCUT2D eigenvalue weighted by atomic mass is 35.5. The average Bonchev–Trinajstić information content (AvgIpc) is 3.15. The van der Waals surface area contributed by atoms with Crippen molar-refractivity contribution in [3.8, 4) is 5.75 Å². The minimum absolute atomic E-state index is 0.0410. The first kappa shape index (κ1) is 24.5. The second-order valence-electron chi connectivity index (χ2n) is 9.05. The highest BCUT2D eigenvalue weighted by molar-refractivity contribution is 6.30. The van der Waals surface area contributed by atoms with Gasteiger partial charge in [0.05, 0.1) is 25.7 Å². The third kappa shape index (κ3) is 5.88. The van der Waals surface area contributed by atoms with E-state index in [1.807, 2.05) is 38.4 Å². The summed E-state index contributed by atoms with van der Waals surface area (Å²) < 4.78 is 12.1. The molecule has 0 spiro atoms. The lowest BCUT2D eigenvalue weighted by molar-refractivity contribution is -0.142. The Hall–Kier alpha value is -2.65. The Morgan fingerprint density at radius 3 is 2.62 bits per heavy atom. The molecule has 2 heterocycles. The number of aliphatic hydroxyl groups excluding tert-OH is 1. The fraction of sp³-hybridized carbons (Fsp3) is 0.440. The summed E-state index contributed by atoms with van der Waals surface area (Å²) in [6.07, 6.45) is -0.460. The van der Waals surface area contributed by atoms with Crippen LogP contribution in [0.25, 0.3) is 0 Å². The molecule has 2 amide bonds. The highest BCUT2D eigenvalue weighted by Crippen LogP contribution is 2.47. The minimum Gasteiger partial charge on any atom is -0.487 e. The van der Waals surface area contributed by atoms with Gasteiger partial charge >= 0.3 is 0 Å². The predicted molar refractivity (Wildman–Crippen MR) is 129 cm³/mol. The number of hydrogen-bond donors (Lipinski definition) is 3. The van der Waals surface area contributed by atoms with E-state index in [9.17, 15) is 14.7 Å². The molecule has 0 aliphatic carbocycles. The van der Waals surface area contributed by atoms with Crippen molar-refractivity contribution in [1.82, 2.24) is 10.2 Å². The van der Waals surface area contributed by atoms with E-state index in [0.29, 0.717) is 23.7 Å². The van der Waals surface area contributed by atoms with Gasteiger partial charge in [-0.25, -0.2) is 0 Å². The molecule has 2 aliphatic rings. The van der Waals surface area contributed by atoms with Crippen molar-refractivity contribution in [2.75, 3.05) is 32.6 Å². The summed E-state index contributed by atoms with van der Waals surface area (Å²) in [5, 5.41) is 16.4. The first-order valence-corrected chi connectivity index (χ1v) is 11.7. The summed E-state index contributed by atoms with van der Waals surface area (Å²) in [4.78, 5) is 26.6. The van der Waals surface area contributed by atoms with Crippen molar-refractivity contribution in [2.45, 2.75) is 43.6 Å². The number of anilines is 1. The molecule has 0 saturated carbocycles. The number of aliphatic hydroxyl groups is 1. The van der Waals surface area contributed by atoms with E-state index in [0.717, 1.165) is 16.9 Å². The number of nitrogens with zero attached hydrogens (tertiary/aromatic N) is 1. The molecule has 1 fully saturated rings. The molecule has 4 atom stereocenters. The number of carbonyl (C=O) groups is 2. The Morgan fingerprint density at radius 2 is 1.91 bits per heavy atom. The molecular formula is C25H30ClN3O5. The zero-order valence-corrected chi connectivity index (χ0v) is 20.0. The van der Waals surface area contributed by atoms with Gasteiger partial charge in [-0.3, -0.25) is 9.59 Å². The Balaban J connectivity index is 1.41. The molecule has 4 rings (SSSR count). The van der Waals surface area contributed by atoms with Gasteiger partial charge in [0.2, 0.25) is 11.8 Å². The number of carbonyl (C=O) groups excluding carboxylic acids is 2. The van der Waals surface area contributed by atoms with Crippen LogP contribution < -0.4 is 15.4 Å². The van der Waals surface area contributed by atoms with Crippen molar-refractivity contribution in [1.29, 1.82) is 0 Å². The van der Waals surface area contributed by atoms with Gasteiger partial charge in [-0.15, -0.1) is 0 Å². The predicted octanol–water partition coefficient (Wildman–Crippen LogP) is 2.54. The van der Waals surface area contributed by atoms with E-state index >= 15 is 0 Å². The van der Waals surface area contributed by atoms with Crippen LogP contribution in [0.1, 0.15) is 29.9 Å². The molecule has 9 heteroatoms. The van der Waals surface area contributed by atoms with Crippen LogP contribution >= 0.6 is 11.6 Å². The van der Waals surface area contributed by atoms with Gasteiger partial charge in [0.1, 0.15) is 18.0 Å². The van der Waals surface area contributed by atoms with Crippen LogP contribution in [0.2, 0.25) is 5.02 Å². The van der Waals surface area contributed by atoms with Crippen molar-refractivity contribution in [2.24, 2.45) is 0 Å². The van der Waals surface area contributed by atoms with E-state index < -0.39 is 6.10 Å². The van der Waals surface area contributed by atoms with Crippen LogP contribution in [-0.2, 0) is 20.9 Å². The van der Waals surface area contributed by atoms with Crippen LogP contribution in [0, 0.1) is 0 Å². The molecule has 34 heavy (non-hydrogen) atoms. The standard InChI is InChI=1S/C25H30ClN3O5/c1-29(2)13-24(32)28-17-7-8-21-19(9-17)20-10-18(33-22(14-30)25(20)34-21)11-23(31)27-12-15-3-5-16(26)6-4-15/h3-9,18,20,22,25,30H,10-14H2,1-2H3,(H,27,31)(H,28,32)/t18-,20-,22-,25+/m1/s1. The lowest BCUT2D eigenvalue weighted by Crippen LogP contribution is -2.47. The maximum absolute atomic E-state index is 12.6. The van der Waals surface area contributed by atoms with E-state index in [1.165, 1.54) is 0 Å². The second-order valence-corrected chi connectivity index (χ2v) is 9.49. The van der Waals surface area contributed by atoms with Gasteiger partial charge in [-0.05, 0) is 56.4 Å². The second kappa shape index (κ2) is 10.7. The lowest BCUT2D eigenvalue weighted by Gasteiger charge is -2.37. The number of rotatable bonds is 8. The van der Waals surface area contributed by atoms with Crippen LogP contribution in [0.5, 0.6) is 5.75 Å². The van der Waals surface area contributed by atoms with E-state index in [4.69, 9.17) is 21.1 Å². The van der Waals surface area contributed by atoms with Gasteiger partial charge in [-0.1, -0.05) is 23.7 Å². The number of fused-ring (bicyclic) bond motifs is 3. The number of amides is 2. The van der Waals surface area contributed by atoms with Crippen molar-refractivity contribution in [3.05, 3.63) is 58.6 Å². The third-order valence-corrected chi connectivity index (χ3v) is 6.31. The number of hydrogen-bond acceptors (Lipinski definition) is 6. The molecule has 3 N–H and O–H groups in total. The van der Waals surface area contributed by atoms with E-state index in [1.54, 1.807) is 23.1 Å². The number of nitrogens with one attached hydrogen (secondary N) is 2. The molecule has 8 nitrogen and oxygen atoms in total. The van der Waals surface area contributed by atoms with Crippen LogP contribution in [0.4, 0.5) is 5.69 Å². The third-order valence-electron chi connectivity index (χ3n) is 6.06. The fourth-order valence-corrected chi connectivity index (χ4v) is 4.66. The largest absolute Gasteiger partial charge is 0.487 e. The minimum atomic E-state index is -0.535. The fourth-order valence-electron chi connectivity index (χ4n) is 4.54. The van der Waals surface area contributed by atoms with Gasteiger partial charge in [0.15, 0.2) is 0 Å². The Labute approximate surface area is 204 Å². The van der Waals surface area contributed by atoms with Crippen molar-refractivity contribution >= 4 is 29.1 Å². The number of likely N-dealkylation sites (N-methyl/N-ethyl adjacent to an activating group) is 1. The van der Waals surface area contributed by atoms with Crippen LogP contribution in [-0.4, -0.2) is 67.4 Å². The number of halogens is 1. The number of benzene rings is 2. The van der Waals surface area contributed by atoms with Crippen molar-refractivity contribution in [3.63, 3.8) is 0 Å². The SMILES string of the molecule is CN(C)CC(=O)Nc1ccc2c(c1)[C@H]1C[C@H](CC(=O)NCc3ccc(Cl)cc3)O[C@H](CO)[C@H]1O2. The molecule has 2 aromatic carbocycles. The quantitative estimate of drug-likeness (QED) is 0.529. The zero-order chi connectivity index (χ0) is 24.2. The molecule has 0 aromatic heterocycles. The average molecular weight is 488 g/mol. The maximum Gasteiger partial charge on any atom is 0.238 e. The Morgan fingerprint density at radius 1 is 1.15 bits per heavy atom. The summed E-state index contributed by atoms with van der Waals surface area (Å²) in [5.41, 5.74) is 2.61. The van der Waals surface area contributed by atoms with E-state index in [2.05, 4.69) is 10.6 Å². The van der Waals surface area contributed by atoms with Gasteiger partial charge in [-0.2, -0.15) is 0 Å². The maximum atomic E-state index is 12.6. The molecule has 182 valence electrons. The number of ether oxygens (including phenoxy) is 2. The molecule has 1 saturated heterocycles. The van der Waals surface area contributed by atoms with E-state index in [-0.39, 0.29) is 49.5 Å². The normalized spacial score (nSPS) is 23.1. The summed E-state index contributed by atoms with van der Waals surface area (Å²) in [7, 11) is 3.67. The summed E-state index contributed by atoms with van der Waals surface area (Å²) in [5.74, 6) is 0.450. The zero-order valence-electron chi connectivity index (χ0n) is 19.3. The monoisotopic (exact) mass is 487 g/mol. The van der Waals surface area contributed by atoms with Gasteiger partial charge in [0.25, 0.3) is 0 Å². The van der Waals surface area contributed by atoms with Gasteiger partial charge in [0, 0.05) is 28.7 Å². The van der Waals surface area contributed by atoms with Crippen molar-refractivity contribution < 1.29 is 24.2 Å². The summed E-state index contributed by atoms with van der Waals surface area (Å²) in [6, 6.07) is 12.9. The molecule has 2 aromatic rings. The smallest absolute Gasteiger partial charge is 0.238 e. The Bertz CT molecular complexity index is 1030. The summed E-state index contributed by atoms with van der Waals surface area (Å²) in [6.45, 7) is 0.484. The molecule has 2 aliphatic heterocycles. The van der Waals surface area contributed by atoms with Gasteiger partial charge < -0.3 is 30.1 Å². The lowest BCUT2D eigenvalue weighted by atomic mass is 9.84.